The summed E-state index contributed by atoms with van der Waals surface area (Å²) in [5.74, 6) is -0.214. The first-order valence-corrected chi connectivity index (χ1v) is 11.4. The molecular weight excluding hydrogens is 418 g/mol. The summed E-state index contributed by atoms with van der Waals surface area (Å²) in [6.07, 6.45) is 7.30. The van der Waals surface area contributed by atoms with Crippen molar-refractivity contribution in [1.82, 2.24) is 4.90 Å². The summed E-state index contributed by atoms with van der Waals surface area (Å²) in [6.45, 7) is 4.65. The van der Waals surface area contributed by atoms with E-state index in [1.54, 1.807) is 26.0 Å². The molecule has 2 atom stereocenters. The molecule has 0 aliphatic carbocycles. The van der Waals surface area contributed by atoms with E-state index in [1.807, 2.05) is 29.2 Å². The van der Waals surface area contributed by atoms with Gasteiger partial charge >= 0.3 is 5.97 Å². The summed E-state index contributed by atoms with van der Waals surface area (Å²) >= 11 is 6.00. The van der Waals surface area contributed by atoms with Crippen LogP contribution < -0.4 is 0 Å². The van der Waals surface area contributed by atoms with Gasteiger partial charge in [0, 0.05) is 31.0 Å². The Morgan fingerprint density at radius 2 is 2.16 bits per heavy atom. The van der Waals surface area contributed by atoms with Crippen LogP contribution in [-0.2, 0) is 25.5 Å². The van der Waals surface area contributed by atoms with Crippen LogP contribution in [0.2, 0.25) is 5.02 Å². The Labute approximate surface area is 190 Å². The zero-order chi connectivity index (χ0) is 22.6. The molecule has 0 radical (unpaired) electrons. The van der Waals surface area contributed by atoms with Crippen LogP contribution in [-0.4, -0.2) is 59.9 Å². The molecule has 1 aliphatic heterocycles. The molecular formula is C24H34ClNO5. The summed E-state index contributed by atoms with van der Waals surface area (Å²) in [4.78, 5) is 25.7. The van der Waals surface area contributed by atoms with Crippen molar-refractivity contribution < 1.29 is 24.2 Å². The summed E-state index contributed by atoms with van der Waals surface area (Å²) in [7, 11) is 0. The Bertz CT molecular complexity index is 736. The normalized spacial score (nSPS) is 18.0. The monoisotopic (exact) mass is 451 g/mol. The van der Waals surface area contributed by atoms with Crippen LogP contribution in [0.4, 0.5) is 0 Å². The molecule has 1 aromatic rings. The third kappa shape index (κ3) is 9.85. The molecule has 1 fully saturated rings. The minimum atomic E-state index is -0.628. The lowest BCUT2D eigenvalue weighted by atomic mass is 9.99. The van der Waals surface area contributed by atoms with E-state index in [0.717, 1.165) is 31.2 Å². The average Bonchev–Trinajstić information content (AvgIpc) is 2.69. The molecule has 0 saturated carbocycles. The molecule has 1 saturated heterocycles. The molecule has 1 amide bonds. The smallest absolute Gasteiger partial charge is 0.332 e. The second-order valence-electron chi connectivity index (χ2n) is 8.13. The largest absolute Gasteiger partial charge is 0.461 e. The Morgan fingerprint density at radius 1 is 1.35 bits per heavy atom. The molecule has 2 rings (SSSR count). The number of amides is 1. The number of halogens is 1. The van der Waals surface area contributed by atoms with E-state index in [-0.39, 0.29) is 30.6 Å². The van der Waals surface area contributed by atoms with Gasteiger partial charge in [-0.05, 0) is 57.2 Å². The summed E-state index contributed by atoms with van der Waals surface area (Å²) in [6, 6.07) is 7.45. The molecule has 0 bridgehead atoms. The van der Waals surface area contributed by atoms with Crippen LogP contribution in [0.5, 0.6) is 0 Å². The van der Waals surface area contributed by atoms with E-state index >= 15 is 0 Å². The molecule has 31 heavy (non-hydrogen) atoms. The van der Waals surface area contributed by atoms with Crippen LogP contribution in [0, 0.1) is 0 Å². The van der Waals surface area contributed by atoms with E-state index in [9.17, 15) is 14.7 Å². The number of unbranched alkanes of at least 4 members (excludes halogenated alkanes) is 1. The number of ether oxygens (including phenoxy) is 2. The van der Waals surface area contributed by atoms with Crippen LogP contribution >= 0.6 is 11.6 Å². The molecule has 0 spiro atoms. The first kappa shape index (κ1) is 25.4. The minimum Gasteiger partial charge on any atom is -0.461 e. The maximum absolute atomic E-state index is 12.4. The minimum absolute atomic E-state index is 0.00259. The van der Waals surface area contributed by atoms with Crippen molar-refractivity contribution in [2.24, 2.45) is 0 Å². The van der Waals surface area contributed by atoms with Crippen molar-refractivity contribution in [2.75, 3.05) is 19.8 Å². The molecule has 0 aromatic heterocycles. The fraction of sp³-hybridized carbons (Fsp3) is 0.583. The number of likely N-dealkylation sites (tertiary alicyclic amines) is 1. The third-order valence-corrected chi connectivity index (χ3v) is 5.26. The molecule has 7 heteroatoms. The zero-order valence-corrected chi connectivity index (χ0v) is 19.2. The highest BCUT2D eigenvalue weighted by Crippen LogP contribution is 2.21. The van der Waals surface area contributed by atoms with Gasteiger partial charge in [-0.15, -0.1) is 0 Å². The fourth-order valence-electron chi connectivity index (χ4n) is 3.61. The fourth-order valence-corrected chi connectivity index (χ4v) is 3.82. The highest BCUT2D eigenvalue weighted by molar-refractivity contribution is 6.30. The van der Waals surface area contributed by atoms with E-state index in [1.165, 1.54) is 0 Å². The number of nitrogens with zero attached hydrogens (tertiary/aromatic N) is 1. The molecule has 1 aliphatic rings. The van der Waals surface area contributed by atoms with E-state index in [0.29, 0.717) is 31.0 Å². The summed E-state index contributed by atoms with van der Waals surface area (Å²) < 4.78 is 10.4. The quantitative estimate of drug-likeness (QED) is 0.296. The molecule has 1 N–H and O–H groups in total. The van der Waals surface area contributed by atoms with E-state index in [4.69, 9.17) is 21.1 Å². The highest BCUT2D eigenvalue weighted by Gasteiger charge is 2.25. The first-order chi connectivity index (χ1) is 14.8. The number of carbonyl (C=O) groups is 2. The average molecular weight is 452 g/mol. The number of esters is 1. The van der Waals surface area contributed by atoms with Gasteiger partial charge in [0.2, 0.25) is 5.91 Å². The number of carbonyl (C=O) groups excluding carboxylic acids is 2. The number of hydrogen-bond acceptors (Lipinski definition) is 5. The van der Waals surface area contributed by atoms with Crippen LogP contribution in [0.1, 0.15) is 51.5 Å². The van der Waals surface area contributed by atoms with Crippen molar-refractivity contribution in [3.63, 3.8) is 0 Å². The lowest BCUT2D eigenvalue weighted by Crippen LogP contribution is -2.43. The van der Waals surface area contributed by atoms with Crippen molar-refractivity contribution in [3.05, 3.63) is 47.0 Å². The number of aliphatic hydroxyl groups excluding tert-OH is 1. The molecule has 172 valence electrons. The van der Waals surface area contributed by atoms with Crippen LogP contribution in [0.3, 0.4) is 0 Å². The zero-order valence-electron chi connectivity index (χ0n) is 18.5. The van der Waals surface area contributed by atoms with Gasteiger partial charge in [0.15, 0.2) is 0 Å². The predicted octanol–water partition coefficient (Wildman–Crippen LogP) is 3.93. The summed E-state index contributed by atoms with van der Waals surface area (Å²) in [5.41, 5.74) is 0.971. The standard InChI is InChI=1S/C24H34ClNO5/c1-18(2)31-24(29)17-30-14-4-3-13-26-21(9-6-10-23(26)28)11-12-22(27)16-19-7-5-8-20(25)15-19/h5,7-8,11-12,15,18,21-22,27H,3-4,6,9-10,13-14,16-17H2,1-2H3. The SMILES string of the molecule is CC(C)OC(=O)COCCCCN1C(=O)CCCC1C=CC(O)Cc1cccc(Cl)c1. The second-order valence-corrected chi connectivity index (χ2v) is 8.57. The van der Waals surface area contributed by atoms with Gasteiger partial charge in [-0.2, -0.15) is 0 Å². The lowest BCUT2D eigenvalue weighted by Gasteiger charge is -2.34. The second kappa shape index (κ2) is 13.5. The Hall–Kier alpha value is -1.89. The van der Waals surface area contributed by atoms with Crippen molar-refractivity contribution in [2.45, 2.75) is 70.6 Å². The van der Waals surface area contributed by atoms with E-state index in [2.05, 4.69) is 0 Å². The Balaban J connectivity index is 1.75. The molecule has 1 aromatic carbocycles. The third-order valence-electron chi connectivity index (χ3n) is 5.03. The molecule has 1 heterocycles. The topological polar surface area (TPSA) is 76.1 Å². The van der Waals surface area contributed by atoms with Gasteiger partial charge in [-0.3, -0.25) is 4.79 Å². The first-order valence-electron chi connectivity index (χ1n) is 11.0. The number of rotatable bonds is 12. The van der Waals surface area contributed by atoms with E-state index < -0.39 is 6.10 Å². The number of piperidine rings is 1. The van der Waals surface area contributed by atoms with Crippen molar-refractivity contribution >= 4 is 23.5 Å². The maximum atomic E-state index is 12.4. The van der Waals surface area contributed by atoms with Crippen LogP contribution in [0.25, 0.3) is 0 Å². The van der Waals surface area contributed by atoms with Crippen molar-refractivity contribution in [3.8, 4) is 0 Å². The maximum Gasteiger partial charge on any atom is 0.332 e. The van der Waals surface area contributed by atoms with Gasteiger partial charge < -0.3 is 19.5 Å². The number of aliphatic hydroxyl groups is 1. The van der Waals surface area contributed by atoms with Crippen molar-refractivity contribution in [1.29, 1.82) is 0 Å². The number of hydrogen-bond donors (Lipinski definition) is 1. The lowest BCUT2D eigenvalue weighted by molar-refractivity contribution is -0.152. The number of benzene rings is 1. The van der Waals surface area contributed by atoms with Gasteiger partial charge in [-0.1, -0.05) is 35.9 Å². The Kier molecular flexibility index (Phi) is 11.1. The Morgan fingerprint density at radius 3 is 2.90 bits per heavy atom. The molecule has 6 nitrogen and oxygen atoms in total. The van der Waals surface area contributed by atoms with Gasteiger partial charge in [0.05, 0.1) is 18.2 Å². The van der Waals surface area contributed by atoms with Gasteiger partial charge in [0.25, 0.3) is 0 Å². The summed E-state index contributed by atoms with van der Waals surface area (Å²) in [5, 5.41) is 11.0. The van der Waals surface area contributed by atoms with Crippen LogP contribution in [0.15, 0.2) is 36.4 Å². The predicted molar refractivity (Wildman–Crippen MR) is 121 cm³/mol. The van der Waals surface area contributed by atoms with Gasteiger partial charge in [0.1, 0.15) is 6.61 Å². The van der Waals surface area contributed by atoms with Gasteiger partial charge in [-0.25, -0.2) is 4.79 Å². The highest BCUT2D eigenvalue weighted by atomic mass is 35.5. The molecule has 2 unspecified atom stereocenters.